The number of likely N-dealkylation sites (N-methyl/N-ethyl adjacent to an activating group) is 1. The first-order valence-electron chi connectivity index (χ1n) is 5.96. The Balaban J connectivity index is 2.58. The van der Waals surface area contributed by atoms with E-state index < -0.39 is 0 Å². The van der Waals surface area contributed by atoms with Crippen LogP contribution in [0.2, 0.25) is 0 Å². The second-order valence-corrected chi connectivity index (χ2v) is 5.18. The van der Waals surface area contributed by atoms with E-state index in [2.05, 4.69) is 15.9 Å². The first-order chi connectivity index (χ1) is 8.95. The van der Waals surface area contributed by atoms with Gasteiger partial charge in [0.2, 0.25) is 0 Å². The maximum absolute atomic E-state index is 11.7. The molecule has 5 heteroatoms. The third kappa shape index (κ3) is 4.56. The van der Waals surface area contributed by atoms with Crippen molar-refractivity contribution < 1.29 is 9.53 Å². The Kier molecular flexibility index (Phi) is 5.84. The number of nitriles is 1. The summed E-state index contributed by atoms with van der Waals surface area (Å²) in [6.07, 6.45) is 0.332. The predicted molar refractivity (Wildman–Crippen MR) is 77.0 cm³/mol. The highest BCUT2D eigenvalue weighted by atomic mass is 79.9. The average molecular weight is 325 g/mol. The van der Waals surface area contributed by atoms with Crippen molar-refractivity contribution >= 4 is 21.8 Å². The van der Waals surface area contributed by atoms with Crippen LogP contribution in [0.3, 0.4) is 0 Å². The van der Waals surface area contributed by atoms with Crippen LogP contribution in [0, 0.1) is 25.2 Å². The molecule has 0 radical (unpaired) electrons. The number of rotatable bonds is 5. The van der Waals surface area contributed by atoms with E-state index in [9.17, 15) is 4.79 Å². The van der Waals surface area contributed by atoms with E-state index >= 15 is 0 Å². The molecule has 4 nitrogen and oxygen atoms in total. The van der Waals surface area contributed by atoms with E-state index in [1.165, 1.54) is 4.90 Å². The number of halogens is 1. The molecule has 0 aliphatic carbocycles. The van der Waals surface area contributed by atoms with Crippen molar-refractivity contribution in [3.8, 4) is 11.8 Å². The predicted octanol–water partition coefficient (Wildman–Crippen LogP) is 2.82. The fourth-order valence-corrected chi connectivity index (χ4v) is 1.82. The molecule has 1 aromatic rings. The Morgan fingerprint density at radius 3 is 2.53 bits per heavy atom. The standard InChI is InChI=1S/C14H17BrN2O2/c1-10-7-12(8-11(2)14(10)15)19-9-13(18)17(3)6-4-5-16/h7-8H,4,6,9H2,1-3H3. The van der Waals surface area contributed by atoms with Gasteiger partial charge in [-0.05, 0) is 37.1 Å². The highest BCUT2D eigenvalue weighted by molar-refractivity contribution is 9.10. The number of ether oxygens (including phenoxy) is 1. The quantitative estimate of drug-likeness (QED) is 0.836. The monoisotopic (exact) mass is 324 g/mol. The molecule has 0 N–H and O–H groups in total. The van der Waals surface area contributed by atoms with Crippen molar-refractivity contribution in [1.29, 1.82) is 5.26 Å². The second kappa shape index (κ2) is 7.15. The molecule has 0 saturated heterocycles. The highest BCUT2D eigenvalue weighted by Gasteiger charge is 2.10. The van der Waals surface area contributed by atoms with E-state index in [1.807, 2.05) is 32.0 Å². The lowest BCUT2D eigenvalue weighted by Gasteiger charge is -2.16. The summed E-state index contributed by atoms with van der Waals surface area (Å²) in [4.78, 5) is 13.2. The third-order valence-electron chi connectivity index (χ3n) is 2.76. The molecule has 0 spiro atoms. The van der Waals surface area contributed by atoms with Crippen molar-refractivity contribution in [3.63, 3.8) is 0 Å². The van der Waals surface area contributed by atoms with Crippen LogP contribution >= 0.6 is 15.9 Å². The van der Waals surface area contributed by atoms with Crippen LogP contribution in [0.5, 0.6) is 5.75 Å². The molecule has 1 aromatic carbocycles. The summed E-state index contributed by atoms with van der Waals surface area (Å²) in [7, 11) is 1.67. The van der Waals surface area contributed by atoms with Crippen LogP contribution in [-0.4, -0.2) is 31.0 Å². The van der Waals surface area contributed by atoms with E-state index in [-0.39, 0.29) is 12.5 Å². The number of carbonyl (C=O) groups is 1. The van der Waals surface area contributed by atoms with Gasteiger partial charge in [0.25, 0.3) is 5.91 Å². The smallest absolute Gasteiger partial charge is 0.260 e. The minimum atomic E-state index is -0.131. The molecule has 0 unspecified atom stereocenters. The van der Waals surface area contributed by atoms with Gasteiger partial charge in [0.05, 0.1) is 12.5 Å². The maximum atomic E-state index is 11.7. The van der Waals surface area contributed by atoms with E-state index in [4.69, 9.17) is 10.00 Å². The van der Waals surface area contributed by atoms with Crippen LogP contribution in [0.15, 0.2) is 16.6 Å². The summed E-state index contributed by atoms with van der Waals surface area (Å²) in [6.45, 7) is 4.37. The SMILES string of the molecule is Cc1cc(OCC(=O)N(C)CCC#N)cc(C)c1Br. The number of amides is 1. The molecule has 1 amide bonds. The second-order valence-electron chi connectivity index (χ2n) is 4.38. The zero-order valence-corrected chi connectivity index (χ0v) is 13.0. The van der Waals surface area contributed by atoms with Gasteiger partial charge in [0, 0.05) is 18.1 Å². The van der Waals surface area contributed by atoms with E-state index in [0.29, 0.717) is 18.7 Å². The summed E-state index contributed by atoms with van der Waals surface area (Å²) in [5.74, 6) is 0.550. The summed E-state index contributed by atoms with van der Waals surface area (Å²) < 4.78 is 6.54. The van der Waals surface area contributed by atoms with Crippen LogP contribution < -0.4 is 4.74 Å². The molecule has 0 bridgehead atoms. The van der Waals surface area contributed by atoms with E-state index in [0.717, 1.165) is 15.6 Å². The third-order valence-corrected chi connectivity index (χ3v) is 4.01. The van der Waals surface area contributed by atoms with Crippen LogP contribution in [0.4, 0.5) is 0 Å². The Morgan fingerprint density at radius 2 is 2.00 bits per heavy atom. The van der Waals surface area contributed by atoms with Crippen molar-refractivity contribution in [2.45, 2.75) is 20.3 Å². The normalized spacial score (nSPS) is 9.84. The van der Waals surface area contributed by atoms with Gasteiger partial charge in [-0.25, -0.2) is 0 Å². The minimum absolute atomic E-state index is 0.0115. The topological polar surface area (TPSA) is 53.3 Å². The van der Waals surface area contributed by atoms with Gasteiger partial charge in [-0.15, -0.1) is 0 Å². The Bertz CT molecular complexity index is 486. The first kappa shape index (κ1) is 15.5. The van der Waals surface area contributed by atoms with Crippen molar-refractivity contribution in [3.05, 3.63) is 27.7 Å². The summed E-state index contributed by atoms with van der Waals surface area (Å²) >= 11 is 3.48. The molecule has 0 saturated carbocycles. The van der Waals surface area contributed by atoms with Gasteiger partial charge in [-0.1, -0.05) is 15.9 Å². The van der Waals surface area contributed by atoms with Gasteiger partial charge in [-0.3, -0.25) is 4.79 Å². The molecule has 0 aliphatic heterocycles. The average Bonchev–Trinajstić information content (AvgIpc) is 2.39. The van der Waals surface area contributed by atoms with Gasteiger partial charge < -0.3 is 9.64 Å². The minimum Gasteiger partial charge on any atom is -0.484 e. The zero-order valence-electron chi connectivity index (χ0n) is 11.4. The molecule has 0 heterocycles. The lowest BCUT2D eigenvalue weighted by atomic mass is 10.1. The van der Waals surface area contributed by atoms with Crippen LogP contribution in [0.1, 0.15) is 17.5 Å². The molecular weight excluding hydrogens is 308 g/mol. The number of benzene rings is 1. The van der Waals surface area contributed by atoms with Crippen molar-refractivity contribution in [2.24, 2.45) is 0 Å². The van der Waals surface area contributed by atoms with Crippen molar-refractivity contribution in [2.75, 3.05) is 20.2 Å². The van der Waals surface area contributed by atoms with Gasteiger partial charge in [-0.2, -0.15) is 5.26 Å². The molecule has 1 rings (SSSR count). The molecule has 0 atom stereocenters. The number of hydrogen-bond donors (Lipinski definition) is 0. The summed E-state index contributed by atoms with van der Waals surface area (Å²) in [5, 5.41) is 8.47. The lowest BCUT2D eigenvalue weighted by molar-refractivity contribution is -0.131. The first-order valence-corrected chi connectivity index (χ1v) is 6.75. The van der Waals surface area contributed by atoms with Crippen LogP contribution in [-0.2, 0) is 4.79 Å². The summed E-state index contributed by atoms with van der Waals surface area (Å²) in [6, 6.07) is 5.79. The molecule has 0 aromatic heterocycles. The van der Waals surface area contributed by atoms with Crippen molar-refractivity contribution in [1.82, 2.24) is 4.90 Å². The van der Waals surface area contributed by atoms with Gasteiger partial charge in [0.1, 0.15) is 5.75 Å². The summed E-state index contributed by atoms with van der Waals surface area (Å²) in [5.41, 5.74) is 2.14. The number of aryl methyl sites for hydroxylation is 2. The largest absolute Gasteiger partial charge is 0.484 e. The Morgan fingerprint density at radius 1 is 1.42 bits per heavy atom. The van der Waals surface area contributed by atoms with Gasteiger partial charge >= 0.3 is 0 Å². The lowest BCUT2D eigenvalue weighted by Crippen LogP contribution is -2.32. The Hall–Kier alpha value is -1.54. The fraction of sp³-hybridized carbons (Fsp3) is 0.429. The molecule has 19 heavy (non-hydrogen) atoms. The number of carbonyl (C=O) groups excluding carboxylic acids is 1. The zero-order chi connectivity index (χ0) is 14.4. The number of nitrogens with zero attached hydrogens (tertiary/aromatic N) is 2. The van der Waals surface area contributed by atoms with Crippen LogP contribution in [0.25, 0.3) is 0 Å². The number of hydrogen-bond acceptors (Lipinski definition) is 3. The maximum Gasteiger partial charge on any atom is 0.260 e. The Labute approximate surface area is 122 Å². The molecular formula is C14H17BrN2O2. The van der Waals surface area contributed by atoms with Gasteiger partial charge in [0.15, 0.2) is 6.61 Å². The molecule has 0 fully saturated rings. The fourth-order valence-electron chi connectivity index (χ4n) is 1.59. The molecule has 102 valence electrons. The highest BCUT2D eigenvalue weighted by Crippen LogP contribution is 2.26. The molecule has 0 aliphatic rings. The van der Waals surface area contributed by atoms with E-state index in [1.54, 1.807) is 7.05 Å².